The Kier molecular flexibility index (Phi) is 14.4. The van der Waals surface area contributed by atoms with E-state index in [1.165, 1.54) is 6.33 Å². The lowest BCUT2D eigenvalue weighted by molar-refractivity contribution is -0.302. The summed E-state index contributed by atoms with van der Waals surface area (Å²) in [7, 11) is 5.37. The fraction of sp³-hybridized carbons (Fsp3) is 0.763. The molecule has 15 nitrogen and oxygen atoms in total. The molecule has 0 aromatic carbocycles. The van der Waals surface area contributed by atoms with Gasteiger partial charge in [-0.05, 0) is 61.1 Å². The lowest BCUT2D eigenvalue weighted by atomic mass is 9.73. The Balaban J connectivity index is 1.83. The van der Waals surface area contributed by atoms with E-state index in [-0.39, 0.29) is 25.2 Å². The zero-order valence-electron chi connectivity index (χ0n) is 33.0. The van der Waals surface area contributed by atoms with Gasteiger partial charge in [-0.25, -0.2) is 14.8 Å². The van der Waals surface area contributed by atoms with Crippen molar-refractivity contribution in [1.29, 1.82) is 0 Å². The Morgan fingerprint density at radius 3 is 2.36 bits per heavy atom. The largest absolute Gasteiger partial charge is 0.509 e. The Labute approximate surface area is 313 Å². The van der Waals surface area contributed by atoms with Gasteiger partial charge < -0.3 is 48.4 Å². The van der Waals surface area contributed by atoms with Crippen molar-refractivity contribution in [2.75, 3.05) is 27.8 Å². The summed E-state index contributed by atoms with van der Waals surface area (Å²) in [4.78, 5) is 37.0. The molecule has 2 N–H and O–H groups in total. The number of aliphatic hydroxyl groups excluding tert-OH is 1. The van der Waals surface area contributed by atoms with Crippen molar-refractivity contribution < 1.29 is 53.1 Å². The zero-order chi connectivity index (χ0) is 39.2. The number of aliphatic hydroxyl groups is 1. The van der Waals surface area contributed by atoms with Gasteiger partial charge in [-0.2, -0.15) is 0 Å². The molecule has 4 heterocycles. The number of oxime groups is 1. The van der Waals surface area contributed by atoms with E-state index in [0.717, 1.165) is 5.56 Å². The highest BCUT2D eigenvalue weighted by Crippen LogP contribution is 2.43. The van der Waals surface area contributed by atoms with Gasteiger partial charge in [-0.1, -0.05) is 45.0 Å². The van der Waals surface area contributed by atoms with Crippen LogP contribution in [0.15, 0.2) is 30.0 Å². The Morgan fingerprint density at radius 1 is 1.08 bits per heavy atom. The molecule has 0 aliphatic carbocycles. The molecule has 14 atom stereocenters. The Morgan fingerprint density at radius 2 is 1.75 bits per heavy atom. The second-order valence-electron chi connectivity index (χ2n) is 15.5. The molecule has 0 bridgehead atoms. The molecule has 298 valence electrons. The van der Waals surface area contributed by atoms with Crippen LogP contribution in [0.3, 0.4) is 0 Å². The summed E-state index contributed by atoms with van der Waals surface area (Å²) in [5.74, 6) is -3.14. The number of carbonyl (C=O) groups is 2. The molecule has 3 aliphatic rings. The molecular weight excluding hydrogens is 688 g/mol. The van der Waals surface area contributed by atoms with Crippen molar-refractivity contribution in [3.8, 4) is 0 Å². The van der Waals surface area contributed by atoms with Crippen LogP contribution in [-0.2, 0) is 38.0 Å². The van der Waals surface area contributed by atoms with Gasteiger partial charge in [0, 0.05) is 48.9 Å². The van der Waals surface area contributed by atoms with Gasteiger partial charge >= 0.3 is 12.1 Å². The quantitative estimate of drug-likeness (QED) is 0.205. The van der Waals surface area contributed by atoms with Gasteiger partial charge in [0.25, 0.3) is 0 Å². The van der Waals surface area contributed by atoms with Crippen LogP contribution in [-0.4, -0.2) is 131 Å². The Bertz CT molecular complexity index is 1430. The number of hydrogen-bond donors (Lipinski definition) is 2. The minimum atomic E-state index is -1.40. The van der Waals surface area contributed by atoms with Gasteiger partial charge in [0.2, 0.25) is 0 Å². The van der Waals surface area contributed by atoms with E-state index in [9.17, 15) is 19.9 Å². The van der Waals surface area contributed by atoms with E-state index in [2.05, 4.69) is 15.1 Å². The maximum Gasteiger partial charge on any atom is 0.509 e. The zero-order valence-corrected chi connectivity index (χ0v) is 33.0. The SMILES string of the molecule is CC[C@H]1OC(=O)[C@H](C)[C@@H](OC/C=C/c2cncnc2)[C@H](C)[C@@H](O[C@@H]2O[C@H](C)C[C@H](N(C)C)[C@H]2O)[C@](C)(OC)C[C@@H](C)/C(=N\O)[C@H](C)[C@H]2OC(=O)O[C@@]21C. The van der Waals surface area contributed by atoms with Crippen LogP contribution in [0.4, 0.5) is 4.79 Å². The minimum Gasteiger partial charge on any atom is -0.458 e. The van der Waals surface area contributed by atoms with Crippen LogP contribution in [0.5, 0.6) is 0 Å². The molecule has 53 heavy (non-hydrogen) atoms. The van der Waals surface area contributed by atoms with Crippen LogP contribution in [0.25, 0.3) is 6.08 Å². The highest BCUT2D eigenvalue weighted by Gasteiger charge is 2.59. The number of rotatable bonds is 9. The van der Waals surface area contributed by atoms with E-state index in [1.54, 1.807) is 46.4 Å². The van der Waals surface area contributed by atoms with Crippen molar-refractivity contribution in [1.82, 2.24) is 14.9 Å². The normalized spacial score (nSPS) is 41.1. The highest BCUT2D eigenvalue weighted by molar-refractivity contribution is 5.89. The number of nitrogens with zero attached hydrogens (tertiary/aromatic N) is 4. The van der Waals surface area contributed by atoms with Crippen molar-refractivity contribution in [2.24, 2.45) is 28.8 Å². The molecule has 3 aliphatic heterocycles. The van der Waals surface area contributed by atoms with Crippen molar-refractivity contribution in [3.05, 3.63) is 30.4 Å². The average Bonchev–Trinajstić information content (AvgIpc) is 3.44. The van der Waals surface area contributed by atoms with Crippen LogP contribution in [0.2, 0.25) is 0 Å². The topological polar surface area (TPSA) is 181 Å². The fourth-order valence-electron chi connectivity index (χ4n) is 8.43. The van der Waals surface area contributed by atoms with Gasteiger partial charge in [-0.15, -0.1) is 0 Å². The van der Waals surface area contributed by atoms with E-state index in [0.29, 0.717) is 18.6 Å². The molecule has 1 aromatic rings. The third-order valence-electron chi connectivity index (χ3n) is 11.4. The first kappa shape index (κ1) is 42.5. The maximum atomic E-state index is 14.2. The molecule has 0 radical (unpaired) electrons. The maximum absolute atomic E-state index is 14.2. The minimum absolute atomic E-state index is 0.109. The number of fused-ring (bicyclic) bond motifs is 1. The molecule has 3 saturated heterocycles. The van der Waals surface area contributed by atoms with Crippen LogP contribution in [0, 0.1) is 23.7 Å². The monoisotopic (exact) mass is 748 g/mol. The van der Waals surface area contributed by atoms with Crippen molar-refractivity contribution in [3.63, 3.8) is 0 Å². The summed E-state index contributed by atoms with van der Waals surface area (Å²) < 4.78 is 43.7. The number of hydrogen-bond acceptors (Lipinski definition) is 15. The summed E-state index contributed by atoms with van der Waals surface area (Å²) in [6.45, 7) is 14.7. The summed E-state index contributed by atoms with van der Waals surface area (Å²) in [5, 5.41) is 25.8. The standard InChI is InChI=1S/C38H60N4O11/c1-12-28-38(8)33(52-36(45)53-38)23(4)29(41-46)21(2)17-37(7,47-11)32(51-35-30(43)27(42(9)10)16-22(3)49-35)24(5)31(25(6)34(44)50-28)48-15-13-14-26-18-39-20-40-19-26/h13-14,18-25,27-28,30-33,35,43,46H,12,15-17H2,1-11H3/b14-13+,41-29+/t21-,22-,23+,24+,25-,27+,28-,30-,31+,32-,33-,35+,37-,38-/m1/s1. The lowest BCUT2D eigenvalue weighted by Gasteiger charge is -2.48. The van der Waals surface area contributed by atoms with E-state index in [1.807, 2.05) is 59.7 Å². The number of carbonyl (C=O) groups excluding carboxylic acids is 2. The van der Waals surface area contributed by atoms with E-state index >= 15 is 0 Å². The second-order valence-corrected chi connectivity index (χ2v) is 15.5. The average molecular weight is 749 g/mol. The highest BCUT2D eigenvalue weighted by atomic mass is 16.8. The number of likely N-dealkylation sites (N-methyl/N-ethyl adjacent to an activating group) is 1. The molecule has 1 aromatic heterocycles. The molecule has 0 spiro atoms. The van der Waals surface area contributed by atoms with Gasteiger partial charge in [0.15, 0.2) is 18.0 Å². The summed E-state index contributed by atoms with van der Waals surface area (Å²) in [6, 6.07) is -0.246. The Hall–Kier alpha value is -3.21. The molecule has 0 amide bonds. The number of cyclic esters (lactones) is 1. The van der Waals surface area contributed by atoms with E-state index in [4.69, 9.17) is 33.2 Å². The summed E-state index contributed by atoms with van der Waals surface area (Å²) in [6.07, 6.45) is 2.84. The fourth-order valence-corrected chi connectivity index (χ4v) is 8.43. The molecule has 3 fully saturated rings. The lowest BCUT2D eigenvalue weighted by Crippen LogP contribution is -2.60. The first-order valence-electron chi connectivity index (χ1n) is 18.6. The third kappa shape index (κ3) is 9.37. The first-order valence-corrected chi connectivity index (χ1v) is 18.6. The number of aromatic nitrogens is 2. The summed E-state index contributed by atoms with van der Waals surface area (Å²) in [5.41, 5.74) is -1.43. The molecule has 0 saturated carbocycles. The van der Waals surface area contributed by atoms with Crippen LogP contribution in [0.1, 0.15) is 80.2 Å². The number of esters is 1. The number of ether oxygens (including phenoxy) is 7. The second kappa shape index (κ2) is 17.9. The predicted octanol–water partition coefficient (Wildman–Crippen LogP) is 4.49. The van der Waals surface area contributed by atoms with Crippen LogP contribution >= 0.6 is 0 Å². The van der Waals surface area contributed by atoms with Crippen molar-refractivity contribution >= 4 is 23.9 Å². The molecular formula is C38H60N4O11. The van der Waals surface area contributed by atoms with E-state index < -0.39 is 83.8 Å². The van der Waals surface area contributed by atoms with Crippen LogP contribution < -0.4 is 0 Å². The van der Waals surface area contributed by atoms with Gasteiger partial charge in [0.05, 0.1) is 42.1 Å². The first-order chi connectivity index (χ1) is 25.0. The number of methoxy groups -OCH3 is 1. The van der Waals surface area contributed by atoms with Crippen molar-refractivity contribution in [2.45, 2.75) is 135 Å². The van der Waals surface area contributed by atoms with Gasteiger partial charge in [0.1, 0.15) is 18.5 Å². The predicted molar refractivity (Wildman–Crippen MR) is 194 cm³/mol. The smallest absolute Gasteiger partial charge is 0.458 e. The molecule has 0 unspecified atom stereocenters. The third-order valence-corrected chi connectivity index (χ3v) is 11.4. The molecule has 15 heteroatoms. The molecule has 4 rings (SSSR count). The van der Waals surface area contributed by atoms with Gasteiger partial charge in [-0.3, -0.25) is 4.79 Å². The summed E-state index contributed by atoms with van der Waals surface area (Å²) >= 11 is 0.